The predicted molar refractivity (Wildman–Crippen MR) is 353 cm³/mol. The van der Waals surface area contributed by atoms with Gasteiger partial charge in [-0.15, -0.1) is 10.2 Å². The number of amides is 1. The van der Waals surface area contributed by atoms with Crippen molar-refractivity contribution < 1.29 is 40.5 Å². The average Bonchev–Trinajstić information content (AvgIpc) is 2.60. The van der Waals surface area contributed by atoms with Crippen molar-refractivity contribution in [2.75, 3.05) is 6.54 Å². The van der Waals surface area contributed by atoms with Gasteiger partial charge in [0.1, 0.15) is 11.5 Å². The summed E-state index contributed by atoms with van der Waals surface area (Å²) in [6.07, 6.45) is 0.152. The van der Waals surface area contributed by atoms with Gasteiger partial charge >= 0.3 is 0 Å². The number of carbonyl (C=O) groups excluding carboxylic acids is 2. The number of benzene rings is 4. The van der Waals surface area contributed by atoms with Crippen LogP contribution in [0.1, 0.15) is 141 Å². The molecule has 5 rings (SSSR count). The summed E-state index contributed by atoms with van der Waals surface area (Å²) >= 11 is 13.0. The summed E-state index contributed by atoms with van der Waals surface area (Å²) in [4.78, 5) is 33.9. The van der Waals surface area contributed by atoms with Gasteiger partial charge in [-0.3, -0.25) is 9.59 Å². The highest BCUT2D eigenvalue weighted by atomic mass is 35.5. The minimum Gasteiger partial charge on any atom is -0.542 e. The van der Waals surface area contributed by atoms with Crippen LogP contribution in [0.5, 0.6) is 11.5 Å². The zero-order valence-corrected chi connectivity index (χ0v) is 60.4. The number of hydrogen-bond donors (Lipinski definition) is 1. The van der Waals surface area contributed by atoms with Crippen molar-refractivity contribution in [3.05, 3.63) is 139 Å². The molecule has 0 aliphatic heterocycles. The lowest BCUT2D eigenvalue weighted by Gasteiger charge is -2.40. The summed E-state index contributed by atoms with van der Waals surface area (Å²) in [7, 11) is -8.99. The molecule has 1 heterocycles. The molecule has 0 bridgehead atoms. The van der Waals surface area contributed by atoms with Crippen molar-refractivity contribution in [1.82, 2.24) is 15.5 Å². The third-order valence-electron chi connectivity index (χ3n) is 18.1. The topological polar surface area (TPSA) is 131 Å². The summed E-state index contributed by atoms with van der Waals surface area (Å²) in [5, 5.41) is 12.2. The lowest BCUT2D eigenvalue weighted by Crippen LogP contribution is -2.48. The Kier molecular flexibility index (Phi) is 23.5. The van der Waals surface area contributed by atoms with Crippen molar-refractivity contribution in [3.63, 3.8) is 0 Å². The molecule has 4 atom stereocenters. The van der Waals surface area contributed by atoms with E-state index in [0.29, 0.717) is 45.7 Å². The zero-order valence-electron chi connectivity index (χ0n) is 54.9. The van der Waals surface area contributed by atoms with Gasteiger partial charge in [0.15, 0.2) is 34.1 Å². The zero-order chi connectivity index (χ0) is 65.0. The quantitative estimate of drug-likeness (QED) is 0.0460. The van der Waals surface area contributed by atoms with E-state index >= 15 is 0 Å². The van der Waals surface area contributed by atoms with Gasteiger partial charge in [-0.05, 0) is 172 Å². The molecule has 0 spiro atoms. The second kappa shape index (κ2) is 27.6. The van der Waals surface area contributed by atoms with E-state index in [2.05, 4.69) is 148 Å². The number of nitrogens with one attached hydrogen (secondary N) is 1. The van der Waals surface area contributed by atoms with Gasteiger partial charge in [0.05, 0.1) is 53.8 Å². The highest BCUT2D eigenvalue weighted by Crippen LogP contribution is 2.44. The SMILES string of the molecule is [C-]#[N+]c1ccc(CC(C(=O)NCC(=O)c2ccc(F)c(O[Si](C)(C)C(C)(C)C)c2)[C@H](C)O[Si](C)(C)C(C)(C)C)c(C)c1Cl.[C-]#[N+]c1ccc(CC(c2nnc(-c3ccc(F)c(O[Si](C)(C)C(C)(C)C)c3)o2)[C@H](C)O[Si](C)(C)C(C)(C)C)c(C)c1Cl. The highest BCUT2D eigenvalue weighted by Gasteiger charge is 2.44. The Morgan fingerprint density at radius 1 is 0.612 bits per heavy atom. The molecule has 85 heavy (non-hydrogen) atoms. The number of aromatic nitrogens is 2. The summed E-state index contributed by atoms with van der Waals surface area (Å²) in [5.74, 6) is -1.59. The van der Waals surface area contributed by atoms with Crippen LogP contribution in [0.2, 0.25) is 82.6 Å². The standard InChI is InChI=1S/C33H48ClFN2O4Si2.C32H45ClFN3O3Si2/c1-21-23(15-17-27(36-9)30(21)34)18-25(22(2)40-42(10,11)32(3,4)5)31(39)37-20-28(38)24-14-16-26(35)29(19-24)41-43(12,13)33(6,7)8;1-20-22(15-17-26(35-9)28(20)33)18-24(21(2)39-41(10,11)31(3,4)5)30-37-36-29(38-30)23-14-16-25(34)27(19-23)40-42(12,13)32(6,7)8/h14-17,19,22,25H,18,20H2,1-8,10-13H3,(H,37,39);14-17,19,21,24H,18H2,1-8,10-13H3/t22-,25?;21-,24?/m00/s1. The fourth-order valence-electron chi connectivity index (χ4n) is 8.11. The van der Waals surface area contributed by atoms with Crippen molar-refractivity contribution in [2.24, 2.45) is 5.92 Å². The monoisotopic (exact) mass is 1280 g/mol. The van der Waals surface area contributed by atoms with Crippen molar-refractivity contribution in [1.29, 1.82) is 0 Å². The lowest BCUT2D eigenvalue weighted by molar-refractivity contribution is -0.127. The summed E-state index contributed by atoms with van der Waals surface area (Å²) in [5.41, 5.74) is 5.03. The van der Waals surface area contributed by atoms with E-state index in [-0.39, 0.29) is 73.4 Å². The second-order valence-electron chi connectivity index (χ2n) is 28.5. The number of nitrogens with zero attached hydrogens (tertiary/aromatic N) is 4. The molecule has 1 amide bonds. The Hall–Kier alpha value is -5.03. The summed E-state index contributed by atoms with van der Waals surface area (Å²) in [6, 6.07) is 15.9. The molecule has 20 heteroatoms. The first-order valence-electron chi connectivity index (χ1n) is 29.0. The van der Waals surface area contributed by atoms with E-state index in [0.717, 1.165) is 22.3 Å². The van der Waals surface area contributed by atoms with Crippen LogP contribution >= 0.6 is 23.2 Å². The van der Waals surface area contributed by atoms with E-state index in [1.165, 1.54) is 24.3 Å². The number of Topliss-reactive ketones (excluding diaryl/α,β-unsaturated/α-hetero) is 1. The van der Waals surface area contributed by atoms with Crippen molar-refractivity contribution in [3.8, 4) is 23.0 Å². The number of carbonyl (C=O) groups is 2. The van der Waals surface area contributed by atoms with Gasteiger partial charge in [-0.2, -0.15) is 0 Å². The molecule has 0 saturated carbocycles. The number of rotatable bonds is 20. The number of ketones is 1. The first-order valence-corrected chi connectivity index (χ1v) is 41.4. The van der Waals surface area contributed by atoms with E-state index < -0.39 is 56.9 Å². The Labute approximate surface area is 521 Å². The minimum atomic E-state index is -2.34. The Bertz CT molecular complexity index is 3290. The van der Waals surface area contributed by atoms with Crippen LogP contribution in [-0.2, 0) is 26.5 Å². The Morgan fingerprint density at radius 3 is 1.48 bits per heavy atom. The van der Waals surface area contributed by atoms with Crippen LogP contribution in [0, 0.1) is 44.5 Å². The Morgan fingerprint density at radius 2 is 1.04 bits per heavy atom. The third kappa shape index (κ3) is 18.1. The van der Waals surface area contributed by atoms with Gasteiger partial charge in [-0.25, -0.2) is 18.5 Å². The van der Waals surface area contributed by atoms with Crippen LogP contribution in [0.3, 0.4) is 0 Å². The van der Waals surface area contributed by atoms with Crippen LogP contribution in [0.25, 0.3) is 21.1 Å². The molecule has 5 aromatic rings. The smallest absolute Gasteiger partial charge is 0.250 e. The maximum absolute atomic E-state index is 14.9. The normalized spacial score (nSPS) is 14.2. The molecule has 464 valence electrons. The van der Waals surface area contributed by atoms with Gasteiger partial charge < -0.3 is 27.4 Å². The Balaban J connectivity index is 0.000000364. The third-order valence-corrected chi connectivity index (χ3v) is 36.9. The van der Waals surface area contributed by atoms with Crippen LogP contribution in [-0.4, -0.2) is 73.9 Å². The van der Waals surface area contributed by atoms with Crippen LogP contribution < -0.4 is 14.2 Å². The van der Waals surface area contributed by atoms with Crippen molar-refractivity contribution in [2.45, 2.75) is 214 Å². The summed E-state index contributed by atoms with van der Waals surface area (Å²) in [6.45, 7) is 64.6. The molecule has 2 unspecified atom stereocenters. The molecular weight excluding hydrogens is 1180 g/mol. The lowest BCUT2D eigenvalue weighted by atomic mass is 9.91. The molecule has 0 radical (unpaired) electrons. The predicted octanol–water partition coefficient (Wildman–Crippen LogP) is 19.8. The second-order valence-corrected chi connectivity index (χ2v) is 48.2. The molecule has 0 fully saturated rings. The number of halogens is 4. The average molecular weight is 1280 g/mol. The molecule has 0 aliphatic carbocycles. The fraction of sp³-hybridized carbons (Fsp3) is 0.538. The summed E-state index contributed by atoms with van der Waals surface area (Å²) < 4.78 is 61.7. The maximum atomic E-state index is 14.9. The maximum Gasteiger partial charge on any atom is 0.250 e. The van der Waals surface area contributed by atoms with Gasteiger partial charge in [0, 0.05) is 11.1 Å². The molecule has 12 nitrogen and oxygen atoms in total. The van der Waals surface area contributed by atoms with Gasteiger partial charge in [0.25, 0.3) is 16.6 Å². The van der Waals surface area contributed by atoms with Crippen molar-refractivity contribution >= 4 is 79.5 Å². The van der Waals surface area contributed by atoms with Gasteiger partial charge in [0.2, 0.25) is 29.1 Å². The first kappa shape index (κ1) is 72.4. The van der Waals surface area contributed by atoms with Gasteiger partial charge in [-0.1, -0.05) is 131 Å². The number of hydrogen-bond acceptors (Lipinski definition) is 9. The van der Waals surface area contributed by atoms with E-state index in [1.54, 1.807) is 24.3 Å². The minimum absolute atomic E-state index is 0.0109. The molecule has 1 N–H and O–H groups in total. The highest BCUT2D eigenvalue weighted by molar-refractivity contribution is 6.75. The first-order chi connectivity index (χ1) is 38.7. The molecular formula is C65H93Cl2F2N5O7Si4. The van der Waals surface area contributed by atoms with E-state index in [9.17, 15) is 18.4 Å². The molecule has 1 aromatic heterocycles. The van der Waals surface area contributed by atoms with E-state index in [4.69, 9.17) is 58.5 Å². The van der Waals surface area contributed by atoms with Crippen LogP contribution in [0.15, 0.2) is 65.1 Å². The molecule has 4 aromatic carbocycles. The molecule has 0 saturated heterocycles. The molecule has 0 aliphatic rings. The van der Waals surface area contributed by atoms with Crippen LogP contribution in [0.4, 0.5) is 20.2 Å². The largest absolute Gasteiger partial charge is 0.542 e. The van der Waals surface area contributed by atoms with E-state index in [1.807, 2.05) is 52.9 Å². The fourth-order valence-corrected chi connectivity index (χ4v) is 13.5.